The second-order valence-corrected chi connectivity index (χ2v) is 4.75. The molecule has 0 aliphatic rings. The van der Waals surface area contributed by atoms with Gasteiger partial charge in [-0.15, -0.1) is 0 Å². The van der Waals surface area contributed by atoms with Crippen molar-refractivity contribution >= 4 is 46.7 Å². The zero-order valence-corrected chi connectivity index (χ0v) is 11.3. The van der Waals surface area contributed by atoms with Gasteiger partial charge in [-0.05, 0) is 29.8 Å². The van der Waals surface area contributed by atoms with Gasteiger partial charge in [0.05, 0.1) is 20.8 Å². The van der Waals surface area contributed by atoms with Crippen molar-refractivity contribution in [2.75, 3.05) is 0 Å². The fourth-order valence-corrected chi connectivity index (χ4v) is 1.89. The Kier molecular flexibility index (Phi) is 4.23. The lowest BCUT2D eigenvalue weighted by Crippen LogP contribution is -1.81. The molecule has 0 heterocycles. The molecule has 5 heteroatoms. The highest BCUT2D eigenvalue weighted by atomic mass is 35.5. The quantitative estimate of drug-likeness (QED) is 0.510. The highest BCUT2D eigenvalue weighted by molar-refractivity contribution is 6.43. The van der Waals surface area contributed by atoms with E-state index in [4.69, 9.17) is 34.8 Å². The summed E-state index contributed by atoms with van der Waals surface area (Å²) < 4.78 is 12.7. The fourth-order valence-electron chi connectivity index (χ4n) is 1.30. The molecular formula is C13H7Cl3FN. The first-order chi connectivity index (χ1) is 8.56. The second kappa shape index (κ2) is 5.70. The summed E-state index contributed by atoms with van der Waals surface area (Å²) in [5.74, 6) is -0.292. The zero-order valence-electron chi connectivity index (χ0n) is 9.00. The molecule has 92 valence electrons. The Morgan fingerprint density at radius 3 is 2.17 bits per heavy atom. The SMILES string of the molecule is Fc1ccc(C=Nc2cc(Cl)c(Cl)cc2Cl)cc1. The lowest BCUT2D eigenvalue weighted by atomic mass is 10.2. The van der Waals surface area contributed by atoms with Crippen LogP contribution in [0.1, 0.15) is 5.56 Å². The van der Waals surface area contributed by atoms with Crippen molar-refractivity contribution in [3.8, 4) is 0 Å². The molecule has 0 bridgehead atoms. The second-order valence-electron chi connectivity index (χ2n) is 3.53. The smallest absolute Gasteiger partial charge is 0.123 e. The monoisotopic (exact) mass is 301 g/mol. The summed E-state index contributed by atoms with van der Waals surface area (Å²) in [5, 5.41) is 1.16. The molecule has 0 spiro atoms. The van der Waals surface area contributed by atoms with Gasteiger partial charge in [0.25, 0.3) is 0 Å². The first-order valence-electron chi connectivity index (χ1n) is 5.00. The molecule has 0 saturated carbocycles. The van der Waals surface area contributed by atoms with Gasteiger partial charge in [-0.1, -0.05) is 46.9 Å². The molecule has 0 unspecified atom stereocenters. The zero-order chi connectivity index (χ0) is 13.1. The third-order valence-electron chi connectivity index (χ3n) is 2.21. The van der Waals surface area contributed by atoms with E-state index in [9.17, 15) is 4.39 Å². The summed E-state index contributed by atoms with van der Waals surface area (Å²) in [5.41, 5.74) is 1.27. The first kappa shape index (κ1) is 13.3. The van der Waals surface area contributed by atoms with Gasteiger partial charge >= 0.3 is 0 Å². The van der Waals surface area contributed by atoms with E-state index in [1.807, 2.05) is 0 Å². The van der Waals surface area contributed by atoms with Crippen LogP contribution in [0, 0.1) is 5.82 Å². The molecule has 0 atom stereocenters. The van der Waals surface area contributed by atoms with E-state index in [1.165, 1.54) is 18.2 Å². The maximum absolute atomic E-state index is 12.7. The van der Waals surface area contributed by atoms with Crippen LogP contribution < -0.4 is 0 Å². The molecular weight excluding hydrogens is 296 g/mol. The Morgan fingerprint density at radius 1 is 0.889 bits per heavy atom. The van der Waals surface area contributed by atoms with Crippen molar-refractivity contribution in [2.24, 2.45) is 4.99 Å². The fraction of sp³-hybridized carbons (Fsp3) is 0. The molecule has 2 rings (SSSR count). The molecule has 0 aliphatic heterocycles. The molecule has 1 nitrogen and oxygen atoms in total. The molecule has 0 N–H and O–H groups in total. The number of halogens is 4. The van der Waals surface area contributed by atoms with Crippen LogP contribution in [0.3, 0.4) is 0 Å². The molecule has 0 radical (unpaired) electrons. The van der Waals surface area contributed by atoms with Gasteiger partial charge in [0.2, 0.25) is 0 Å². The molecule has 2 aromatic rings. The van der Waals surface area contributed by atoms with Gasteiger partial charge in [0.15, 0.2) is 0 Å². The number of nitrogens with zero attached hydrogens (tertiary/aromatic N) is 1. The van der Waals surface area contributed by atoms with Crippen LogP contribution in [-0.2, 0) is 0 Å². The van der Waals surface area contributed by atoms with Gasteiger partial charge in [0, 0.05) is 6.21 Å². The molecule has 0 fully saturated rings. The Hall–Kier alpha value is -1.09. The Balaban J connectivity index is 2.28. The third kappa shape index (κ3) is 3.22. The van der Waals surface area contributed by atoms with E-state index >= 15 is 0 Å². The Morgan fingerprint density at radius 2 is 1.50 bits per heavy atom. The van der Waals surface area contributed by atoms with Crippen LogP contribution in [0.4, 0.5) is 10.1 Å². The normalized spacial score (nSPS) is 11.1. The van der Waals surface area contributed by atoms with Crippen molar-refractivity contribution in [1.82, 2.24) is 0 Å². The van der Waals surface area contributed by atoms with E-state index in [0.29, 0.717) is 20.8 Å². The van der Waals surface area contributed by atoms with Crippen LogP contribution in [0.15, 0.2) is 41.4 Å². The third-order valence-corrected chi connectivity index (χ3v) is 3.24. The minimum atomic E-state index is -0.292. The molecule has 0 amide bonds. The number of benzene rings is 2. The topological polar surface area (TPSA) is 12.4 Å². The summed E-state index contributed by atoms with van der Waals surface area (Å²) in [6, 6.07) is 9.05. The first-order valence-corrected chi connectivity index (χ1v) is 6.14. The lowest BCUT2D eigenvalue weighted by Gasteiger charge is -2.01. The van der Waals surface area contributed by atoms with Crippen LogP contribution in [0.5, 0.6) is 0 Å². The van der Waals surface area contributed by atoms with Crippen LogP contribution in [0.2, 0.25) is 15.1 Å². The van der Waals surface area contributed by atoms with Gasteiger partial charge < -0.3 is 0 Å². The number of hydrogen-bond donors (Lipinski definition) is 0. The average Bonchev–Trinajstić information content (AvgIpc) is 2.34. The van der Waals surface area contributed by atoms with E-state index in [0.717, 1.165) is 5.56 Å². The predicted octanol–water partition coefficient (Wildman–Crippen LogP) is 5.54. The Bertz CT molecular complexity index is 594. The molecule has 0 aliphatic carbocycles. The number of rotatable bonds is 2. The lowest BCUT2D eigenvalue weighted by molar-refractivity contribution is 0.628. The van der Waals surface area contributed by atoms with Crippen molar-refractivity contribution in [3.63, 3.8) is 0 Å². The van der Waals surface area contributed by atoms with Crippen LogP contribution >= 0.6 is 34.8 Å². The van der Waals surface area contributed by atoms with Crippen molar-refractivity contribution in [3.05, 3.63) is 62.8 Å². The van der Waals surface area contributed by atoms with Gasteiger partial charge in [0.1, 0.15) is 5.82 Å². The molecule has 0 saturated heterocycles. The van der Waals surface area contributed by atoms with Crippen LogP contribution in [-0.4, -0.2) is 6.21 Å². The van der Waals surface area contributed by atoms with Crippen molar-refractivity contribution in [1.29, 1.82) is 0 Å². The summed E-state index contributed by atoms with van der Waals surface area (Å²) >= 11 is 17.7. The summed E-state index contributed by atoms with van der Waals surface area (Å²) in [6.07, 6.45) is 1.57. The highest BCUT2D eigenvalue weighted by Crippen LogP contribution is 2.33. The average molecular weight is 303 g/mol. The van der Waals surface area contributed by atoms with Gasteiger partial charge in [-0.2, -0.15) is 0 Å². The van der Waals surface area contributed by atoms with E-state index in [2.05, 4.69) is 4.99 Å². The molecule has 2 aromatic carbocycles. The van der Waals surface area contributed by atoms with Crippen molar-refractivity contribution in [2.45, 2.75) is 0 Å². The number of hydrogen-bond acceptors (Lipinski definition) is 1. The van der Waals surface area contributed by atoms with Gasteiger partial charge in [-0.3, -0.25) is 4.99 Å². The predicted molar refractivity (Wildman–Crippen MR) is 75.1 cm³/mol. The van der Waals surface area contributed by atoms with E-state index < -0.39 is 0 Å². The summed E-state index contributed by atoms with van der Waals surface area (Å²) in [6.45, 7) is 0. The van der Waals surface area contributed by atoms with E-state index in [-0.39, 0.29) is 5.82 Å². The number of aliphatic imine (C=N–C) groups is 1. The summed E-state index contributed by atoms with van der Waals surface area (Å²) in [7, 11) is 0. The minimum Gasteiger partial charge on any atom is -0.255 e. The molecule has 0 aromatic heterocycles. The van der Waals surface area contributed by atoms with Crippen LogP contribution in [0.25, 0.3) is 0 Å². The maximum atomic E-state index is 12.7. The van der Waals surface area contributed by atoms with E-state index in [1.54, 1.807) is 24.4 Å². The van der Waals surface area contributed by atoms with Gasteiger partial charge in [-0.25, -0.2) is 4.39 Å². The van der Waals surface area contributed by atoms with Crippen molar-refractivity contribution < 1.29 is 4.39 Å². The largest absolute Gasteiger partial charge is 0.255 e. The minimum absolute atomic E-state index is 0.292. The molecule has 18 heavy (non-hydrogen) atoms. The maximum Gasteiger partial charge on any atom is 0.123 e. The standard InChI is InChI=1S/C13H7Cl3FN/c14-10-5-12(16)13(6-11(10)15)18-7-8-1-3-9(17)4-2-8/h1-7H. The summed E-state index contributed by atoms with van der Waals surface area (Å²) in [4.78, 5) is 4.19. The highest BCUT2D eigenvalue weighted by Gasteiger charge is 2.04. The Labute approximate surface area is 119 Å².